The zero-order valence-corrected chi connectivity index (χ0v) is 12.1. The lowest BCUT2D eigenvalue weighted by Gasteiger charge is -2.18. The highest BCUT2D eigenvalue weighted by Gasteiger charge is 2.19. The van der Waals surface area contributed by atoms with Crippen LogP contribution in [0.15, 0.2) is 42.5 Å². The number of aryl methyl sites for hydroxylation is 1. The molecule has 0 amide bonds. The lowest BCUT2D eigenvalue weighted by molar-refractivity contribution is 0.169. The standard InChI is InChI=1S/C17H20O3/c1-12-7-9-13(10-8-12)11-14(18)17-15(19-2)5-4-6-16(17)20-3/h4-10,14,18H,11H2,1-3H3. The predicted molar refractivity (Wildman–Crippen MR) is 79.4 cm³/mol. The Morgan fingerprint density at radius 2 is 1.50 bits per heavy atom. The van der Waals surface area contributed by atoms with E-state index in [1.54, 1.807) is 14.2 Å². The zero-order chi connectivity index (χ0) is 14.5. The van der Waals surface area contributed by atoms with Gasteiger partial charge in [0.25, 0.3) is 0 Å². The summed E-state index contributed by atoms with van der Waals surface area (Å²) in [6.07, 6.45) is -0.138. The van der Waals surface area contributed by atoms with Crippen LogP contribution in [0.25, 0.3) is 0 Å². The van der Waals surface area contributed by atoms with Gasteiger partial charge in [0.05, 0.1) is 25.9 Å². The topological polar surface area (TPSA) is 38.7 Å². The molecular weight excluding hydrogens is 252 g/mol. The summed E-state index contributed by atoms with van der Waals surface area (Å²) in [6, 6.07) is 13.6. The van der Waals surface area contributed by atoms with Gasteiger partial charge in [-0.3, -0.25) is 0 Å². The van der Waals surface area contributed by atoms with Gasteiger partial charge in [0.1, 0.15) is 11.5 Å². The van der Waals surface area contributed by atoms with E-state index in [2.05, 4.69) is 0 Å². The normalized spacial score (nSPS) is 12.0. The van der Waals surface area contributed by atoms with Gasteiger partial charge >= 0.3 is 0 Å². The minimum atomic E-state index is -0.663. The molecular formula is C17H20O3. The largest absolute Gasteiger partial charge is 0.496 e. The summed E-state index contributed by atoms with van der Waals surface area (Å²) in [7, 11) is 3.19. The molecule has 3 heteroatoms. The molecule has 2 rings (SSSR count). The summed E-state index contributed by atoms with van der Waals surface area (Å²) >= 11 is 0. The van der Waals surface area contributed by atoms with Crippen molar-refractivity contribution in [2.45, 2.75) is 19.4 Å². The van der Waals surface area contributed by atoms with E-state index < -0.39 is 6.10 Å². The van der Waals surface area contributed by atoms with Gasteiger partial charge in [-0.25, -0.2) is 0 Å². The molecule has 2 aromatic rings. The average molecular weight is 272 g/mol. The van der Waals surface area contributed by atoms with Crippen molar-refractivity contribution in [3.05, 3.63) is 59.2 Å². The molecule has 0 aromatic heterocycles. The predicted octanol–water partition coefficient (Wildman–Crippen LogP) is 3.29. The van der Waals surface area contributed by atoms with Crippen molar-refractivity contribution >= 4 is 0 Å². The lowest BCUT2D eigenvalue weighted by Crippen LogP contribution is -2.06. The molecule has 0 saturated heterocycles. The van der Waals surface area contributed by atoms with Gasteiger partial charge in [0.15, 0.2) is 0 Å². The number of rotatable bonds is 5. The van der Waals surface area contributed by atoms with Gasteiger partial charge in [-0.05, 0) is 24.6 Å². The van der Waals surface area contributed by atoms with Crippen LogP contribution in [-0.4, -0.2) is 19.3 Å². The Labute approximate surface area is 119 Å². The van der Waals surface area contributed by atoms with Gasteiger partial charge < -0.3 is 14.6 Å². The van der Waals surface area contributed by atoms with Crippen LogP contribution < -0.4 is 9.47 Å². The molecule has 1 N–H and O–H groups in total. The van der Waals surface area contributed by atoms with Crippen molar-refractivity contribution in [2.75, 3.05) is 14.2 Å². The van der Waals surface area contributed by atoms with E-state index in [4.69, 9.17) is 9.47 Å². The summed E-state index contributed by atoms with van der Waals surface area (Å²) in [6.45, 7) is 2.05. The second-order valence-corrected chi connectivity index (χ2v) is 4.78. The number of hydrogen-bond acceptors (Lipinski definition) is 3. The third kappa shape index (κ3) is 3.11. The third-order valence-electron chi connectivity index (χ3n) is 3.35. The molecule has 0 aliphatic rings. The Hall–Kier alpha value is -2.00. The average Bonchev–Trinajstić information content (AvgIpc) is 2.48. The zero-order valence-electron chi connectivity index (χ0n) is 12.1. The number of aliphatic hydroxyl groups excluding tert-OH is 1. The van der Waals surface area contributed by atoms with E-state index >= 15 is 0 Å². The van der Waals surface area contributed by atoms with Gasteiger partial charge in [-0.15, -0.1) is 0 Å². The second kappa shape index (κ2) is 6.44. The van der Waals surface area contributed by atoms with Crippen LogP contribution in [0.5, 0.6) is 11.5 Å². The molecule has 0 aliphatic carbocycles. The van der Waals surface area contributed by atoms with Crippen LogP contribution in [-0.2, 0) is 6.42 Å². The van der Waals surface area contributed by atoms with Crippen LogP contribution in [0.4, 0.5) is 0 Å². The number of benzene rings is 2. The number of ether oxygens (including phenoxy) is 2. The summed E-state index contributed by atoms with van der Waals surface area (Å²) in [4.78, 5) is 0. The molecule has 106 valence electrons. The minimum Gasteiger partial charge on any atom is -0.496 e. The lowest BCUT2D eigenvalue weighted by atomic mass is 9.99. The van der Waals surface area contributed by atoms with Crippen molar-refractivity contribution in [3.8, 4) is 11.5 Å². The van der Waals surface area contributed by atoms with Crippen molar-refractivity contribution in [2.24, 2.45) is 0 Å². The minimum absolute atomic E-state index is 0.525. The Morgan fingerprint density at radius 3 is 2.00 bits per heavy atom. The smallest absolute Gasteiger partial charge is 0.128 e. The molecule has 0 bridgehead atoms. The fourth-order valence-electron chi connectivity index (χ4n) is 2.26. The summed E-state index contributed by atoms with van der Waals surface area (Å²) in [5, 5.41) is 10.5. The molecule has 3 nitrogen and oxygen atoms in total. The quantitative estimate of drug-likeness (QED) is 0.907. The molecule has 0 heterocycles. The second-order valence-electron chi connectivity index (χ2n) is 4.78. The summed E-state index contributed by atoms with van der Waals surface area (Å²) in [5.41, 5.74) is 2.98. The third-order valence-corrected chi connectivity index (χ3v) is 3.35. The molecule has 2 aromatic carbocycles. The summed E-state index contributed by atoms with van der Waals surface area (Å²) < 4.78 is 10.7. The van der Waals surface area contributed by atoms with Gasteiger partial charge in [-0.2, -0.15) is 0 Å². The highest BCUT2D eigenvalue weighted by atomic mass is 16.5. The Kier molecular flexibility index (Phi) is 4.64. The van der Waals surface area contributed by atoms with Crippen LogP contribution in [0.2, 0.25) is 0 Å². The number of hydrogen-bond donors (Lipinski definition) is 1. The van der Waals surface area contributed by atoms with Gasteiger partial charge in [0.2, 0.25) is 0 Å². The fraction of sp³-hybridized carbons (Fsp3) is 0.294. The highest BCUT2D eigenvalue weighted by molar-refractivity contribution is 5.46. The SMILES string of the molecule is COc1cccc(OC)c1C(O)Cc1ccc(C)cc1. The Morgan fingerprint density at radius 1 is 0.950 bits per heavy atom. The van der Waals surface area contributed by atoms with Crippen molar-refractivity contribution in [1.29, 1.82) is 0 Å². The van der Waals surface area contributed by atoms with Crippen LogP contribution in [0, 0.1) is 6.92 Å². The van der Waals surface area contributed by atoms with Crippen molar-refractivity contribution < 1.29 is 14.6 Å². The molecule has 0 fully saturated rings. The van der Waals surface area contributed by atoms with E-state index in [0.717, 1.165) is 5.56 Å². The van der Waals surface area contributed by atoms with E-state index in [-0.39, 0.29) is 0 Å². The first-order valence-electron chi connectivity index (χ1n) is 6.60. The first-order valence-corrected chi connectivity index (χ1v) is 6.60. The molecule has 1 atom stereocenters. The van der Waals surface area contributed by atoms with Crippen molar-refractivity contribution in [3.63, 3.8) is 0 Å². The fourth-order valence-corrected chi connectivity index (χ4v) is 2.26. The summed E-state index contributed by atoms with van der Waals surface area (Å²) in [5.74, 6) is 1.29. The monoisotopic (exact) mass is 272 g/mol. The molecule has 1 unspecified atom stereocenters. The number of aliphatic hydroxyl groups is 1. The highest BCUT2D eigenvalue weighted by Crippen LogP contribution is 2.35. The maximum atomic E-state index is 10.5. The van der Waals surface area contributed by atoms with Crippen LogP contribution in [0.1, 0.15) is 22.8 Å². The maximum absolute atomic E-state index is 10.5. The Balaban J connectivity index is 2.28. The maximum Gasteiger partial charge on any atom is 0.128 e. The van der Waals surface area contributed by atoms with Gasteiger partial charge in [-0.1, -0.05) is 35.9 Å². The molecule has 0 spiro atoms. The van der Waals surface area contributed by atoms with Crippen LogP contribution in [0.3, 0.4) is 0 Å². The van der Waals surface area contributed by atoms with E-state index in [1.807, 2.05) is 49.4 Å². The molecule has 0 saturated carbocycles. The first-order chi connectivity index (χ1) is 9.65. The number of methoxy groups -OCH3 is 2. The van der Waals surface area contributed by atoms with Gasteiger partial charge in [0, 0.05) is 6.42 Å². The van der Waals surface area contributed by atoms with E-state index in [0.29, 0.717) is 23.5 Å². The van der Waals surface area contributed by atoms with Crippen LogP contribution >= 0.6 is 0 Å². The van der Waals surface area contributed by atoms with E-state index in [9.17, 15) is 5.11 Å². The Bertz CT molecular complexity index is 539. The molecule has 0 aliphatic heterocycles. The molecule has 0 radical (unpaired) electrons. The van der Waals surface area contributed by atoms with Crippen molar-refractivity contribution in [1.82, 2.24) is 0 Å². The van der Waals surface area contributed by atoms with E-state index in [1.165, 1.54) is 5.56 Å². The first kappa shape index (κ1) is 14.4. The molecule has 20 heavy (non-hydrogen) atoms.